The van der Waals surface area contributed by atoms with Crippen molar-refractivity contribution in [1.29, 1.82) is 0 Å². The number of aromatic nitrogens is 4. The van der Waals surface area contributed by atoms with Crippen LogP contribution < -0.4 is 0 Å². The molecule has 4 nitrogen and oxygen atoms in total. The van der Waals surface area contributed by atoms with Gasteiger partial charge in [-0.3, -0.25) is 0 Å². The number of benzene rings is 6. The Hall–Kier alpha value is -5.43. The molecule has 6 aromatic carbocycles. The number of thiophene rings is 1. The molecule has 45 heavy (non-hydrogen) atoms. The molecule has 0 atom stereocenters. The monoisotopic (exact) mass is 608 g/mol. The van der Waals surface area contributed by atoms with Crippen LogP contribution in [0.2, 0.25) is 0 Å². The fraction of sp³-hybridized carbons (Fsp3) is 0. The van der Waals surface area contributed by atoms with Crippen LogP contribution in [0.25, 0.3) is 102 Å². The van der Waals surface area contributed by atoms with Crippen molar-refractivity contribution in [3.8, 4) is 22.6 Å². The Kier molecular flexibility index (Phi) is 4.58. The Morgan fingerprint density at radius 3 is 2.31 bits per heavy atom. The van der Waals surface area contributed by atoms with Gasteiger partial charge in [-0.05, 0) is 42.5 Å². The molecule has 0 aliphatic heterocycles. The van der Waals surface area contributed by atoms with Crippen LogP contribution in [-0.4, -0.2) is 19.4 Å². The fourth-order valence-corrected chi connectivity index (χ4v) is 9.41. The third kappa shape index (κ3) is 3.12. The summed E-state index contributed by atoms with van der Waals surface area (Å²) in [5, 5.41) is 8.59. The Morgan fingerprint density at radius 2 is 1.36 bits per heavy atom. The summed E-state index contributed by atoms with van der Waals surface area (Å²) in [7, 11) is 0. The number of nitrogens with zero attached hydrogens (tertiary/aromatic N) is 4. The number of para-hydroxylation sites is 2. The van der Waals surface area contributed by atoms with Crippen molar-refractivity contribution in [3.63, 3.8) is 0 Å². The largest absolute Gasteiger partial charge is 0.308 e. The van der Waals surface area contributed by atoms with E-state index in [1.807, 2.05) is 16.8 Å². The quantitative estimate of drug-likeness (QED) is 0.196. The summed E-state index contributed by atoms with van der Waals surface area (Å²) in [6, 6.07) is 41.3. The molecule has 0 N–H and O–H groups in total. The zero-order chi connectivity index (χ0) is 29.2. The van der Waals surface area contributed by atoms with Gasteiger partial charge >= 0.3 is 0 Å². The third-order valence-corrected chi connectivity index (χ3v) is 11.4. The van der Waals surface area contributed by atoms with Gasteiger partial charge in [0.15, 0.2) is 5.82 Å². The molecule has 5 aromatic heterocycles. The van der Waals surface area contributed by atoms with Gasteiger partial charge in [0.1, 0.15) is 0 Å². The van der Waals surface area contributed by atoms with E-state index in [1.54, 1.807) is 11.3 Å². The molecule has 0 aliphatic rings. The van der Waals surface area contributed by atoms with Gasteiger partial charge in [0, 0.05) is 58.2 Å². The van der Waals surface area contributed by atoms with Gasteiger partial charge in [-0.1, -0.05) is 72.8 Å². The first-order chi connectivity index (χ1) is 22.3. The molecule has 208 valence electrons. The van der Waals surface area contributed by atoms with Crippen LogP contribution in [-0.2, 0) is 0 Å². The van der Waals surface area contributed by atoms with E-state index in [-0.39, 0.29) is 0 Å². The van der Waals surface area contributed by atoms with E-state index in [4.69, 9.17) is 15.0 Å². The lowest BCUT2D eigenvalue weighted by atomic mass is 10.0. The molecular weight excluding hydrogens is 589 g/mol. The van der Waals surface area contributed by atoms with Crippen molar-refractivity contribution >= 4 is 102 Å². The molecule has 11 aromatic rings. The molecule has 0 unspecified atom stereocenters. The Morgan fingerprint density at radius 1 is 0.556 bits per heavy atom. The summed E-state index contributed by atoms with van der Waals surface area (Å²) in [5.74, 6) is 0.733. The lowest BCUT2D eigenvalue weighted by Crippen LogP contribution is -1.95. The van der Waals surface area contributed by atoms with Gasteiger partial charge in [-0.2, -0.15) is 0 Å². The molecule has 0 fully saturated rings. The van der Waals surface area contributed by atoms with Crippen LogP contribution in [0.4, 0.5) is 0 Å². The van der Waals surface area contributed by atoms with Gasteiger partial charge in [-0.15, -0.1) is 22.7 Å². The summed E-state index contributed by atoms with van der Waals surface area (Å²) in [5.41, 5.74) is 10.7. The predicted molar refractivity (Wildman–Crippen MR) is 191 cm³/mol. The molecule has 0 bridgehead atoms. The predicted octanol–water partition coefficient (Wildman–Crippen LogP) is 11.1. The van der Waals surface area contributed by atoms with E-state index < -0.39 is 0 Å². The Labute approximate surface area is 263 Å². The maximum Gasteiger partial charge on any atom is 0.160 e. The minimum Gasteiger partial charge on any atom is -0.308 e. The van der Waals surface area contributed by atoms with Gasteiger partial charge in [0.05, 0.1) is 43.5 Å². The topological polar surface area (TPSA) is 43.1 Å². The van der Waals surface area contributed by atoms with Crippen LogP contribution in [0.1, 0.15) is 0 Å². The van der Waals surface area contributed by atoms with Gasteiger partial charge in [-0.25, -0.2) is 15.0 Å². The first kappa shape index (κ1) is 24.0. The number of hydrogen-bond acceptors (Lipinski definition) is 5. The minimum absolute atomic E-state index is 0.733. The van der Waals surface area contributed by atoms with Crippen molar-refractivity contribution in [2.45, 2.75) is 0 Å². The van der Waals surface area contributed by atoms with Crippen LogP contribution >= 0.6 is 22.7 Å². The zero-order valence-corrected chi connectivity index (χ0v) is 25.3. The SMILES string of the molecule is c1ccc2c(-c3cccc4c3sc3ccccc34)nc(-c3ccc4c(c3)c3cc5ncsc5c5c6ccccc6n4c35)nc2c1. The van der Waals surface area contributed by atoms with Gasteiger partial charge < -0.3 is 4.40 Å². The van der Waals surface area contributed by atoms with Crippen LogP contribution in [0, 0.1) is 0 Å². The summed E-state index contributed by atoms with van der Waals surface area (Å²) >= 11 is 3.55. The van der Waals surface area contributed by atoms with E-state index in [1.165, 1.54) is 63.0 Å². The van der Waals surface area contributed by atoms with Crippen molar-refractivity contribution < 1.29 is 0 Å². The van der Waals surface area contributed by atoms with Crippen molar-refractivity contribution in [1.82, 2.24) is 19.4 Å². The Balaban J connectivity index is 1.21. The highest BCUT2D eigenvalue weighted by molar-refractivity contribution is 7.26. The number of hydrogen-bond donors (Lipinski definition) is 0. The van der Waals surface area contributed by atoms with E-state index in [2.05, 4.69) is 120 Å². The highest BCUT2D eigenvalue weighted by atomic mass is 32.1. The summed E-state index contributed by atoms with van der Waals surface area (Å²) in [4.78, 5) is 15.2. The number of rotatable bonds is 2. The van der Waals surface area contributed by atoms with E-state index >= 15 is 0 Å². The molecule has 11 rings (SSSR count). The first-order valence-electron chi connectivity index (χ1n) is 14.9. The standard InChI is InChI=1S/C39H20N4S2/c1-4-13-29-24(9-1)35(26-12-7-11-23-22-8-3-6-15-33(22)45-37(23)26)42-39(41-29)21-16-17-32-27(18-21)28-19-30-38(44-20-40-30)34-25-10-2-5-14-31(25)43(32)36(28)34/h1-20H. The molecule has 0 spiro atoms. The highest BCUT2D eigenvalue weighted by Crippen LogP contribution is 2.45. The number of fused-ring (bicyclic) bond motifs is 12. The summed E-state index contributed by atoms with van der Waals surface area (Å²) < 4.78 is 6.21. The van der Waals surface area contributed by atoms with Gasteiger partial charge in [0.25, 0.3) is 0 Å². The first-order valence-corrected chi connectivity index (χ1v) is 16.6. The van der Waals surface area contributed by atoms with E-state index in [0.29, 0.717) is 0 Å². The molecule has 0 amide bonds. The fourth-order valence-electron chi connectivity index (χ4n) is 7.36. The average Bonchev–Trinajstić information content (AvgIpc) is 3.86. The summed E-state index contributed by atoms with van der Waals surface area (Å²) in [6.45, 7) is 0. The second-order valence-electron chi connectivity index (χ2n) is 11.6. The maximum atomic E-state index is 5.34. The molecule has 0 radical (unpaired) electrons. The highest BCUT2D eigenvalue weighted by Gasteiger charge is 2.22. The Bertz CT molecular complexity index is 3000. The normalized spacial score (nSPS) is 12.4. The average molecular weight is 609 g/mol. The lowest BCUT2D eigenvalue weighted by molar-refractivity contribution is 1.23. The second kappa shape index (κ2) is 8.60. The lowest BCUT2D eigenvalue weighted by Gasteiger charge is -2.10. The minimum atomic E-state index is 0.733. The van der Waals surface area contributed by atoms with Crippen molar-refractivity contribution in [3.05, 3.63) is 121 Å². The van der Waals surface area contributed by atoms with Crippen LogP contribution in [0.5, 0.6) is 0 Å². The van der Waals surface area contributed by atoms with Crippen molar-refractivity contribution in [2.24, 2.45) is 0 Å². The van der Waals surface area contributed by atoms with E-state index in [9.17, 15) is 0 Å². The van der Waals surface area contributed by atoms with E-state index in [0.717, 1.165) is 39.1 Å². The molecule has 0 saturated carbocycles. The molecule has 5 heterocycles. The summed E-state index contributed by atoms with van der Waals surface area (Å²) in [6.07, 6.45) is 0. The number of thiazole rings is 1. The van der Waals surface area contributed by atoms with Crippen molar-refractivity contribution in [2.75, 3.05) is 0 Å². The molecule has 6 heteroatoms. The third-order valence-electron chi connectivity index (χ3n) is 9.28. The van der Waals surface area contributed by atoms with Crippen LogP contribution in [0.15, 0.2) is 121 Å². The molecular formula is C39H20N4S2. The zero-order valence-electron chi connectivity index (χ0n) is 23.7. The second-order valence-corrected chi connectivity index (χ2v) is 13.5. The van der Waals surface area contributed by atoms with Crippen LogP contribution in [0.3, 0.4) is 0 Å². The smallest absolute Gasteiger partial charge is 0.160 e. The maximum absolute atomic E-state index is 5.34. The molecule has 0 saturated heterocycles. The van der Waals surface area contributed by atoms with Gasteiger partial charge in [0.2, 0.25) is 0 Å². The molecule has 0 aliphatic carbocycles.